The van der Waals surface area contributed by atoms with Gasteiger partial charge in [0.15, 0.2) is 0 Å². The molecule has 0 unspecified atom stereocenters. The molecule has 1 aliphatic rings. The molecule has 0 spiro atoms. The normalized spacial score (nSPS) is 16.5. The van der Waals surface area contributed by atoms with Crippen LogP contribution in [0.4, 0.5) is 0 Å². The fraction of sp³-hybridized carbons (Fsp3) is 0.353. The molecule has 0 aromatic carbocycles. The van der Waals surface area contributed by atoms with Gasteiger partial charge in [0.1, 0.15) is 11.4 Å². The third-order valence-electron chi connectivity index (χ3n) is 4.69. The Hall–Kier alpha value is -2.43. The van der Waals surface area contributed by atoms with E-state index in [4.69, 9.17) is 0 Å². The maximum absolute atomic E-state index is 11.4. The number of fused-ring (bicyclic) bond motifs is 1. The van der Waals surface area contributed by atoms with Crippen LogP contribution >= 0.6 is 0 Å². The molecule has 22 heavy (non-hydrogen) atoms. The first kappa shape index (κ1) is 13.2. The Bertz CT molecular complexity index is 835. The summed E-state index contributed by atoms with van der Waals surface area (Å²) in [5, 5.41) is 8.21. The van der Waals surface area contributed by atoms with Crippen LogP contribution in [0.25, 0.3) is 22.2 Å². The summed E-state index contributed by atoms with van der Waals surface area (Å²) in [5.41, 5.74) is 5.41. The van der Waals surface area contributed by atoms with Crippen molar-refractivity contribution in [1.29, 1.82) is 0 Å². The number of Topliss-reactive ketones (excluding diaryl/α,β-unsaturated/α-hetero) is 1. The second-order valence-electron chi connectivity index (χ2n) is 6.09. The highest BCUT2D eigenvalue weighted by Crippen LogP contribution is 2.35. The quantitative estimate of drug-likeness (QED) is 0.759. The number of carbonyl (C=O) groups is 1. The van der Waals surface area contributed by atoms with Crippen LogP contribution in [-0.2, 0) is 4.79 Å². The predicted molar refractivity (Wildman–Crippen MR) is 84.6 cm³/mol. The van der Waals surface area contributed by atoms with E-state index in [0.717, 1.165) is 40.7 Å². The lowest BCUT2D eigenvalue weighted by atomic mass is 9.84. The SMILES string of the molecule is Cc1[nH]ncc1-c1c[nH]c2ncc(C3CCC(=O)CC3)cc12. The van der Waals surface area contributed by atoms with E-state index >= 15 is 0 Å². The molecular weight excluding hydrogens is 276 g/mol. The number of ketones is 1. The van der Waals surface area contributed by atoms with Crippen LogP contribution in [0, 0.1) is 6.92 Å². The number of nitrogens with one attached hydrogen (secondary N) is 2. The van der Waals surface area contributed by atoms with Crippen molar-refractivity contribution in [1.82, 2.24) is 20.2 Å². The number of nitrogens with zero attached hydrogens (tertiary/aromatic N) is 2. The second kappa shape index (κ2) is 5.09. The van der Waals surface area contributed by atoms with Gasteiger partial charge in [0.05, 0.1) is 6.20 Å². The van der Waals surface area contributed by atoms with E-state index in [1.165, 1.54) is 5.56 Å². The van der Waals surface area contributed by atoms with Gasteiger partial charge in [0.2, 0.25) is 0 Å². The molecule has 5 heteroatoms. The Labute approximate surface area is 128 Å². The van der Waals surface area contributed by atoms with Crippen LogP contribution in [-0.4, -0.2) is 25.9 Å². The monoisotopic (exact) mass is 294 g/mol. The number of aryl methyl sites for hydroxylation is 1. The van der Waals surface area contributed by atoms with E-state index in [2.05, 4.69) is 26.2 Å². The molecular formula is C17H18N4O. The van der Waals surface area contributed by atoms with Crippen LogP contribution < -0.4 is 0 Å². The summed E-state index contributed by atoms with van der Waals surface area (Å²) in [6.45, 7) is 2.02. The summed E-state index contributed by atoms with van der Waals surface area (Å²) in [4.78, 5) is 19.2. The zero-order chi connectivity index (χ0) is 15.1. The molecule has 3 aromatic heterocycles. The minimum atomic E-state index is 0.390. The van der Waals surface area contributed by atoms with E-state index in [1.54, 1.807) is 0 Å². The van der Waals surface area contributed by atoms with Crippen molar-refractivity contribution in [2.45, 2.75) is 38.5 Å². The molecule has 1 aliphatic carbocycles. The van der Waals surface area contributed by atoms with E-state index in [0.29, 0.717) is 24.5 Å². The van der Waals surface area contributed by atoms with Crippen molar-refractivity contribution in [2.24, 2.45) is 0 Å². The van der Waals surface area contributed by atoms with Crippen LogP contribution in [0.15, 0.2) is 24.7 Å². The summed E-state index contributed by atoms with van der Waals surface area (Å²) >= 11 is 0. The van der Waals surface area contributed by atoms with Gasteiger partial charge in [0, 0.05) is 47.4 Å². The third-order valence-corrected chi connectivity index (χ3v) is 4.69. The van der Waals surface area contributed by atoms with Gasteiger partial charge < -0.3 is 4.98 Å². The van der Waals surface area contributed by atoms with Crippen LogP contribution in [0.2, 0.25) is 0 Å². The van der Waals surface area contributed by atoms with Crippen LogP contribution in [0.5, 0.6) is 0 Å². The van der Waals surface area contributed by atoms with E-state index in [-0.39, 0.29) is 0 Å². The molecule has 5 nitrogen and oxygen atoms in total. The van der Waals surface area contributed by atoms with Crippen molar-refractivity contribution in [3.63, 3.8) is 0 Å². The molecule has 112 valence electrons. The molecule has 2 N–H and O–H groups in total. The zero-order valence-electron chi connectivity index (χ0n) is 12.5. The molecule has 1 fully saturated rings. The van der Waals surface area contributed by atoms with Crippen molar-refractivity contribution in [3.05, 3.63) is 35.9 Å². The van der Waals surface area contributed by atoms with Crippen LogP contribution in [0.1, 0.15) is 42.9 Å². The number of pyridine rings is 1. The van der Waals surface area contributed by atoms with Gasteiger partial charge in [-0.25, -0.2) is 4.98 Å². The molecule has 1 saturated carbocycles. The third kappa shape index (κ3) is 2.13. The van der Waals surface area contributed by atoms with Crippen LogP contribution in [0.3, 0.4) is 0 Å². The highest BCUT2D eigenvalue weighted by atomic mass is 16.1. The van der Waals surface area contributed by atoms with Gasteiger partial charge in [-0.3, -0.25) is 9.89 Å². The Morgan fingerprint density at radius 2 is 2.00 bits per heavy atom. The zero-order valence-corrected chi connectivity index (χ0v) is 12.5. The Morgan fingerprint density at radius 3 is 2.73 bits per heavy atom. The lowest BCUT2D eigenvalue weighted by Gasteiger charge is -2.21. The van der Waals surface area contributed by atoms with E-state index < -0.39 is 0 Å². The topological polar surface area (TPSA) is 74.4 Å². The second-order valence-corrected chi connectivity index (χ2v) is 6.09. The first-order chi connectivity index (χ1) is 10.7. The summed E-state index contributed by atoms with van der Waals surface area (Å²) in [5.74, 6) is 0.837. The lowest BCUT2D eigenvalue weighted by molar-refractivity contribution is -0.120. The van der Waals surface area contributed by atoms with E-state index in [9.17, 15) is 4.79 Å². The number of rotatable bonds is 2. The van der Waals surface area contributed by atoms with Gasteiger partial charge in [0.25, 0.3) is 0 Å². The first-order valence-corrected chi connectivity index (χ1v) is 7.71. The summed E-state index contributed by atoms with van der Waals surface area (Å²) in [6, 6.07) is 2.22. The molecule has 0 saturated heterocycles. The van der Waals surface area contributed by atoms with Crippen molar-refractivity contribution >= 4 is 16.8 Å². The first-order valence-electron chi connectivity index (χ1n) is 7.71. The average Bonchev–Trinajstić information content (AvgIpc) is 3.13. The number of hydrogen-bond donors (Lipinski definition) is 2. The number of carbonyl (C=O) groups excluding carboxylic acids is 1. The number of aromatic amines is 2. The van der Waals surface area contributed by atoms with Crippen molar-refractivity contribution < 1.29 is 4.79 Å². The number of hydrogen-bond acceptors (Lipinski definition) is 3. The largest absolute Gasteiger partial charge is 0.346 e. The van der Waals surface area contributed by atoms with Gasteiger partial charge in [-0.15, -0.1) is 0 Å². The summed E-state index contributed by atoms with van der Waals surface area (Å²) in [7, 11) is 0. The molecule has 3 aromatic rings. The van der Waals surface area contributed by atoms with E-state index in [1.807, 2.05) is 25.5 Å². The molecule has 0 radical (unpaired) electrons. The Balaban J connectivity index is 1.77. The minimum absolute atomic E-state index is 0.390. The van der Waals surface area contributed by atoms with Gasteiger partial charge >= 0.3 is 0 Å². The fourth-order valence-electron chi connectivity index (χ4n) is 3.36. The van der Waals surface area contributed by atoms with Crippen molar-refractivity contribution in [2.75, 3.05) is 0 Å². The Kier molecular flexibility index (Phi) is 3.06. The molecule has 0 aliphatic heterocycles. The maximum atomic E-state index is 11.4. The van der Waals surface area contributed by atoms with Crippen molar-refractivity contribution in [3.8, 4) is 11.1 Å². The lowest BCUT2D eigenvalue weighted by Crippen LogP contribution is -2.12. The highest BCUT2D eigenvalue weighted by Gasteiger charge is 2.21. The molecule has 0 atom stereocenters. The molecule has 3 heterocycles. The highest BCUT2D eigenvalue weighted by molar-refractivity contribution is 5.94. The number of aromatic nitrogens is 4. The molecule has 4 rings (SSSR count). The fourth-order valence-corrected chi connectivity index (χ4v) is 3.36. The summed E-state index contributed by atoms with van der Waals surface area (Å²) < 4.78 is 0. The smallest absolute Gasteiger partial charge is 0.137 e. The van der Waals surface area contributed by atoms with Gasteiger partial charge in [-0.05, 0) is 37.3 Å². The Morgan fingerprint density at radius 1 is 1.18 bits per heavy atom. The van der Waals surface area contributed by atoms with Gasteiger partial charge in [-0.2, -0.15) is 5.10 Å². The summed E-state index contributed by atoms with van der Waals surface area (Å²) in [6.07, 6.45) is 9.07. The van der Waals surface area contributed by atoms with Gasteiger partial charge in [-0.1, -0.05) is 0 Å². The maximum Gasteiger partial charge on any atom is 0.137 e. The average molecular weight is 294 g/mol. The molecule has 0 bridgehead atoms. The standard InChI is InChI=1S/C17H18N4O/c1-10-15(9-20-21-10)16-8-19-17-14(16)6-12(7-18-17)11-2-4-13(22)5-3-11/h6-9,11H,2-5H2,1H3,(H,18,19)(H,20,21). The molecule has 0 amide bonds. The predicted octanol–water partition coefficient (Wildman–Crippen LogP) is 3.49. The minimum Gasteiger partial charge on any atom is -0.346 e. The number of H-pyrrole nitrogens is 2.